The summed E-state index contributed by atoms with van der Waals surface area (Å²) in [5.74, 6) is -0.966. The maximum atomic E-state index is 14.0. The summed E-state index contributed by atoms with van der Waals surface area (Å²) in [7, 11) is 0. The van der Waals surface area contributed by atoms with Crippen LogP contribution in [0.4, 0.5) is 10.1 Å². The van der Waals surface area contributed by atoms with Crippen molar-refractivity contribution >= 4 is 11.6 Å². The number of carbonyl (C=O) groups is 1. The van der Waals surface area contributed by atoms with Gasteiger partial charge < -0.3 is 15.7 Å². The molecule has 0 saturated heterocycles. The zero-order valence-electron chi connectivity index (χ0n) is 11.4. The lowest BCUT2D eigenvalue weighted by atomic mass is 10.1. The van der Waals surface area contributed by atoms with Crippen molar-refractivity contribution in [2.45, 2.75) is 32.8 Å². The van der Waals surface area contributed by atoms with E-state index in [1.54, 1.807) is 24.0 Å². The molecular weight excluding hydrogens is 247 g/mol. The fourth-order valence-corrected chi connectivity index (χ4v) is 2.01. The number of aliphatic hydroxyl groups is 1. The monoisotopic (exact) mass is 268 g/mol. The van der Waals surface area contributed by atoms with Gasteiger partial charge in [0.15, 0.2) is 0 Å². The minimum atomic E-state index is -0.803. The van der Waals surface area contributed by atoms with Crippen LogP contribution >= 0.6 is 0 Å². The number of hydrogen-bond acceptors (Lipinski definition) is 3. The van der Waals surface area contributed by atoms with Crippen molar-refractivity contribution in [1.82, 2.24) is 0 Å². The van der Waals surface area contributed by atoms with E-state index in [4.69, 9.17) is 5.73 Å². The fourth-order valence-electron chi connectivity index (χ4n) is 2.01. The predicted octanol–water partition coefficient (Wildman–Crippen LogP) is 1.97. The summed E-state index contributed by atoms with van der Waals surface area (Å²) in [6, 6.07) is 4.52. The van der Waals surface area contributed by atoms with Gasteiger partial charge in [-0.2, -0.15) is 0 Å². The van der Waals surface area contributed by atoms with E-state index in [2.05, 4.69) is 0 Å². The molecular formula is C14H21FN2O2. The smallest absolute Gasteiger partial charge is 0.236 e. The van der Waals surface area contributed by atoms with Gasteiger partial charge in [-0.1, -0.05) is 25.5 Å². The Kier molecular flexibility index (Phi) is 5.76. The number of amides is 1. The highest BCUT2D eigenvalue weighted by molar-refractivity contribution is 5.80. The number of hydrogen-bond donors (Lipinski definition) is 2. The van der Waals surface area contributed by atoms with Crippen LogP contribution in [0.3, 0.4) is 0 Å². The molecule has 0 aromatic heterocycles. The second kappa shape index (κ2) is 7.09. The van der Waals surface area contributed by atoms with Gasteiger partial charge in [-0.3, -0.25) is 4.79 Å². The molecule has 0 aliphatic carbocycles. The summed E-state index contributed by atoms with van der Waals surface area (Å²) in [4.78, 5) is 12.7. The first-order valence-electron chi connectivity index (χ1n) is 6.47. The largest absolute Gasteiger partial charge is 0.389 e. The molecule has 0 bridgehead atoms. The van der Waals surface area contributed by atoms with E-state index in [1.807, 2.05) is 6.92 Å². The van der Waals surface area contributed by atoms with E-state index >= 15 is 0 Å². The van der Waals surface area contributed by atoms with Crippen LogP contribution in [0.25, 0.3) is 0 Å². The van der Waals surface area contributed by atoms with Gasteiger partial charge in [0, 0.05) is 12.1 Å². The summed E-state index contributed by atoms with van der Waals surface area (Å²) in [6.45, 7) is 4.06. The number of halogens is 1. The third-order valence-corrected chi connectivity index (χ3v) is 2.91. The molecule has 0 spiro atoms. The van der Waals surface area contributed by atoms with E-state index in [9.17, 15) is 14.3 Å². The van der Waals surface area contributed by atoms with E-state index in [0.717, 1.165) is 12.8 Å². The number of primary amides is 1. The van der Waals surface area contributed by atoms with Crippen molar-refractivity contribution in [1.29, 1.82) is 0 Å². The molecule has 0 unspecified atom stereocenters. The molecule has 1 atom stereocenters. The predicted molar refractivity (Wildman–Crippen MR) is 73.3 cm³/mol. The number of para-hydroxylation sites is 1. The summed E-state index contributed by atoms with van der Waals surface area (Å²) < 4.78 is 14.0. The van der Waals surface area contributed by atoms with E-state index < -0.39 is 17.8 Å². The molecule has 0 aliphatic rings. The molecule has 19 heavy (non-hydrogen) atoms. The molecule has 1 aromatic carbocycles. The topological polar surface area (TPSA) is 66.6 Å². The van der Waals surface area contributed by atoms with Crippen LogP contribution in [0, 0.1) is 5.82 Å². The van der Waals surface area contributed by atoms with Gasteiger partial charge in [0.25, 0.3) is 0 Å². The van der Waals surface area contributed by atoms with Crippen LogP contribution in [0.1, 0.15) is 38.4 Å². The Morgan fingerprint density at radius 2 is 2.21 bits per heavy atom. The van der Waals surface area contributed by atoms with Crippen LogP contribution in [0.15, 0.2) is 18.2 Å². The Morgan fingerprint density at radius 3 is 2.74 bits per heavy atom. The van der Waals surface area contributed by atoms with Crippen molar-refractivity contribution in [2.24, 2.45) is 5.73 Å². The SMILES string of the molecule is CCCCN(CC(N)=O)c1c(F)cccc1[C@@H](C)O. The molecule has 0 heterocycles. The van der Waals surface area contributed by atoms with Crippen LogP contribution < -0.4 is 10.6 Å². The third-order valence-electron chi connectivity index (χ3n) is 2.91. The van der Waals surface area contributed by atoms with Crippen LogP contribution in [0.5, 0.6) is 0 Å². The Bertz CT molecular complexity index is 435. The Morgan fingerprint density at radius 1 is 1.53 bits per heavy atom. The number of unbranched alkanes of at least 4 members (excludes halogenated alkanes) is 1. The Balaban J connectivity index is 3.15. The number of anilines is 1. The Labute approximate surface area is 113 Å². The van der Waals surface area contributed by atoms with Crippen LogP contribution in [-0.4, -0.2) is 24.1 Å². The zero-order chi connectivity index (χ0) is 14.4. The van der Waals surface area contributed by atoms with Crippen molar-refractivity contribution < 1.29 is 14.3 Å². The lowest BCUT2D eigenvalue weighted by molar-refractivity contribution is -0.116. The summed E-state index contributed by atoms with van der Waals surface area (Å²) in [6.07, 6.45) is 0.942. The van der Waals surface area contributed by atoms with Crippen LogP contribution in [-0.2, 0) is 4.79 Å². The maximum Gasteiger partial charge on any atom is 0.236 e. The minimum absolute atomic E-state index is 0.0549. The molecule has 1 amide bonds. The fraction of sp³-hybridized carbons (Fsp3) is 0.500. The number of aliphatic hydroxyl groups excluding tert-OH is 1. The van der Waals surface area contributed by atoms with Gasteiger partial charge in [0.2, 0.25) is 5.91 Å². The molecule has 1 aromatic rings. The number of nitrogens with zero attached hydrogens (tertiary/aromatic N) is 1. The molecule has 0 fully saturated rings. The molecule has 5 heteroatoms. The maximum absolute atomic E-state index is 14.0. The molecule has 4 nitrogen and oxygen atoms in total. The van der Waals surface area contributed by atoms with E-state index in [0.29, 0.717) is 12.1 Å². The highest BCUT2D eigenvalue weighted by Gasteiger charge is 2.19. The highest BCUT2D eigenvalue weighted by atomic mass is 19.1. The summed E-state index contributed by atoms with van der Waals surface area (Å²) >= 11 is 0. The number of carbonyl (C=O) groups excluding carboxylic acids is 1. The lowest BCUT2D eigenvalue weighted by Crippen LogP contribution is -2.35. The summed E-state index contributed by atoms with van der Waals surface area (Å²) in [5.41, 5.74) is 5.95. The van der Waals surface area contributed by atoms with Crippen molar-refractivity contribution in [3.05, 3.63) is 29.6 Å². The van der Waals surface area contributed by atoms with Gasteiger partial charge in [-0.25, -0.2) is 4.39 Å². The number of benzene rings is 1. The standard InChI is InChI=1S/C14H21FN2O2/c1-3-4-8-17(9-13(16)19)14-11(10(2)18)6-5-7-12(14)15/h5-7,10,18H,3-4,8-9H2,1-2H3,(H2,16,19)/t10-/m1/s1. The van der Waals surface area contributed by atoms with Gasteiger partial charge >= 0.3 is 0 Å². The normalized spacial score (nSPS) is 12.2. The molecule has 0 saturated carbocycles. The van der Waals surface area contributed by atoms with Gasteiger partial charge in [-0.15, -0.1) is 0 Å². The highest BCUT2D eigenvalue weighted by Crippen LogP contribution is 2.29. The van der Waals surface area contributed by atoms with Crippen molar-refractivity contribution in [2.75, 3.05) is 18.0 Å². The number of nitrogens with two attached hydrogens (primary N) is 1. The lowest BCUT2D eigenvalue weighted by Gasteiger charge is -2.27. The van der Waals surface area contributed by atoms with Crippen LogP contribution in [0.2, 0.25) is 0 Å². The molecule has 1 rings (SSSR count). The first-order chi connectivity index (χ1) is 8.97. The van der Waals surface area contributed by atoms with E-state index in [-0.39, 0.29) is 12.2 Å². The molecule has 106 valence electrons. The minimum Gasteiger partial charge on any atom is -0.389 e. The first kappa shape index (κ1) is 15.4. The second-order valence-corrected chi connectivity index (χ2v) is 4.60. The van der Waals surface area contributed by atoms with Crippen molar-refractivity contribution in [3.8, 4) is 0 Å². The first-order valence-corrected chi connectivity index (χ1v) is 6.47. The second-order valence-electron chi connectivity index (χ2n) is 4.60. The average Bonchev–Trinajstić information content (AvgIpc) is 2.33. The quantitative estimate of drug-likeness (QED) is 0.794. The van der Waals surface area contributed by atoms with Gasteiger partial charge in [0.1, 0.15) is 5.82 Å². The Hall–Kier alpha value is -1.62. The molecule has 0 aliphatic heterocycles. The van der Waals surface area contributed by atoms with E-state index in [1.165, 1.54) is 6.07 Å². The molecule has 0 radical (unpaired) electrons. The summed E-state index contributed by atoms with van der Waals surface area (Å²) in [5, 5.41) is 9.73. The third kappa shape index (κ3) is 4.21. The number of rotatable bonds is 7. The van der Waals surface area contributed by atoms with Crippen molar-refractivity contribution in [3.63, 3.8) is 0 Å². The molecule has 3 N–H and O–H groups in total. The zero-order valence-corrected chi connectivity index (χ0v) is 11.4. The van der Waals surface area contributed by atoms with Gasteiger partial charge in [-0.05, 0) is 19.4 Å². The van der Waals surface area contributed by atoms with Gasteiger partial charge in [0.05, 0.1) is 18.3 Å². The average molecular weight is 268 g/mol.